The van der Waals surface area contributed by atoms with Crippen molar-refractivity contribution in [3.63, 3.8) is 0 Å². The molecule has 0 aliphatic carbocycles. The maximum absolute atomic E-state index is 3.45. The van der Waals surface area contributed by atoms with Crippen molar-refractivity contribution < 1.29 is 0 Å². The molecule has 0 N–H and O–H groups in total. The Morgan fingerprint density at radius 1 is 1.21 bits per heavy atom. The van der Waals surface area contributed by atoms with Crippen LogP contribution in [0.4, 0.5) is 0 Å². The van der Waals surface area contributed by atoms with E-state index in [-0.39, 0.29) is 0 Å². The van der Waals surface area contributed by atoms with Crippen LogP contribution in [-0.4, -0.2) is 11.1 Å². The zero-order valence-electron chi connectivity index (χ0n) is 8.63. The second kappa shape index (κ2) is 7.36. The smallest absolute Gasteiger partial charge is 0.00721 e. The van der Waals surface area contributed by atoms with Gasteiger partial charge in [-0.25, -0.2) is 0 Å². The van der Waals surface area contributed by atoms with Gasteiger partial charge in [0, 0.05) is 10.2 Å². The predicted octanol–water partition coefficient (Wildman–Crippen LogP) is 4.52. The van der Waals surface area contributed by atoms with E-state index in [0.29, 0.717) is 0 Å². The molecule has 0 amide bonds. The Balaban J connectivity index is 2.42. The van der Waals surface area contributed by atoms with Crippen molar-refractivity contribution in [2.45, 2.75) is 31.1 Å². The largest absolute Gasteiger partial charge is 0.126 e. The molecule has 14 heavy (non-hydrogen) atoms. The fraction of sp³-hybridized carbons (Fsp3) is 0.500. The molecule has 0 aromatic heterocycles. The fourth-order valence-electron chi connectivity index (χ4n) is 1.24. The summed E-state index contributed by atoms with van der Waals surface area (Å²) in [5.41, 5.74) is 1.45. The molecule has 0 aliphatic heterocycles. The second-order valence-corrected chi connectivity index (χ2v) is 5.25. The molecule has 0 heterocycles. The van der Waals surface area contributed by atoms with E-state index in [9.17, 15) is 0 Å². The van der Waals surface area contributed by atoms with E-state index in [1.807, 2.05) is 11.8 Å². The summed E-state index contributed by atoms with van der Waals surface area (Å²) in [5.74, 6) is 1.22. The van der Waals surface area contributed by atoms with E-state index in [0.717, 1.165) is 5.33 Å². The highest BCUT2D eigenvalue weighted by Gasteiger charge is 1.94. The monoisotopic (exact) mass is 272 g/mol. The first-order valence-corrected chi connectivity index (χ1v) is 7.25. The fourth-order valence-corrected chi connectivity index (χ4v) is 2.29. The quantitative estimate of drug-likeness (QED) is 0.542. The summed E-state index contributed by atoms with van der Waals surface area (Å²) in [6.07, 6.45) is 3.65. The van der Waals surface area contributed by atoms with Gasteiger partial charge in [-0.1, -0.05) is 35.0 Å². The normalized spacial score (nSPS) is 10.4. The molecule has 0 spiro atoms. The lowest BCUT2D eigenvalue weighted by molar-refractivity contribution is 0.937. The van der Waals surface area contributed by atoms with Crippen LogP contribution in [-0.2, 0) is 6.42 Å². The van der Waals surface area contributed by atoms with E-state index in [2.05, 4.69) is 47.1 Å². The molecule has 0 fully saturated rings. The lowest BCUT2D eigenvalue weighted by atomic mass is 10.1. The number of alkyl halides is 1. The Hall–Kier alpha value is 0.0500. The van der Waals surface area contributed by atoms with Crippen LogP contribution in [0.5, 0.6) is 0 Å². The van der Waals surface area contributed by atoms with Gasteiger partial charge >= 0.3 is 0 Å². The molecule has 1 rings (SSSR count). The first kappa shape index (κ1) is 12.1. The molecule has 0 radical (unpaired) electrons. The summed E-state index contributed by atoms with van der Waals surface area (Å²) in [7, 11) is 0. The number of benzene rings is 1. The third-order valence-corrected chi connectivity index (χ3v) is 3.77. The highest BCUT2D eigenvalue weighted by atomic mass is 79.9. The van der Waals surface area contributed by atoms with Gasteiger partial charge in [-0.3, -0.25) is 0 Å². The van der Waals surface area contributed by atoms with Gasteiger partial charge in [-0.05, 0) is 42.7 Å². The van der Waals surface area contributed by atoms with Gasteiger partial charge in [0.15, 0.2) is 0 Å². The molecule has 0 aliphatic rings. The van der Waals surface area contributed by atoms with Crippen LogP contribution in [0, 0.1) is 0 Å². The molecule has 0 saturated carbocycles. The van der Waals surface area contributed by atoms with Crippen LogP contribution in [0.1, 0.15) is 25.3 Å². The summed E-state index contributed by atoms with van der Waals surface area (Å²) >= 11 is 5.40. The molecule has 0 saturated heterocycles. The summed E-state index contributed by atoms with van der Waals surface area (Å²) < 4.78 is 0. The highest BCUT2D eigenvalue weighted by molar-refractivity contribution is 9.09. The van der Waals surface area contributed by atoms with Gasteiger partial charge in [0.1, 0.15) is 0 Å². The Labute approximate surface area is 99.6 Å². The molecule has 78 valence electrons. The number of hydrogen-bond acceptors (Lipinski definition) is 1. The summed E-state index contributed by atoms with van der Waals surface area (Å²) in [6, 6.07) is 8.98. The number of thioether (sulfide) groups is 1. The SMILES string of the molecule is CCCSc1ccc(CCCBr)cc1. The van der Waals surface area contributed by atoms with Crippen molar-refractivity contribution in [3.8, 4) is 0 Å². The van der Waals surface area contributed by atoms with Crippen molar-refractivity contribution in [1.82, 2.24) is 0 Å². The molecule has 0 unspecified atom stereocenters. The van der Waals surface area contributed by atoms with Crippen LogP contribution in [0.25, 0.3) is 0 Å². The van der Waals surface area contributed by atoms with E-state index in [1.54, 1.807) is 0 Å². The third kappa shape index (κ3) is 4.52. The van der Waals surface area contributed by atoms with Gasteiger partial charge in [0.2, 0.25) is 0 Å². The molecule has 0 bridgehead atoms. The van der Waals surface area contributed by atoms with Crippen LogP contribution in [0.15, 0.2) is 29.2 Å². The van der Waals surface area contributed by atoms with Gasteiger partial charge < -0.3 is 0 Å². The summed E-state index contributed by atoms with van der Waals surface area (Å²) in [6.45, 7) is 2.22. The van der Waals surface area contributed by atoms with Crippen LogP contribution in [0.2, 0.25) is 0 Å². The molecule has 0 nitrogen and oxygen atoms in total. The summed E-state index contributed by atoms with van der Waals surface area (Å²) in [4.78, 5) is 1.40. The number of aryl methyl sites for hydroxylation is 1. The average Bonchev–Trinajstić information content (AvgIpc) is 2.25. The molecule has 2 heteroatoms. The lowest BCUT2D eigenvalue weighted by Crippen LogP contribution is -1.85. The Kier molecular flexibility index (Phi) is 6.37. The van der Waals surface area contributed by atoms with Crippen molar-refractivity contribution in [3.05, 3.63) is 29.8 Å². The van der Waals surface area contributed by atoms with Gasteiger partial charge in [0.25, 0.3) is 0 Å². The Morgan fingerprint density at radius 3 is 2.50 bits per heavy atom. The molecule has 1 aromatic carbocycles. The lowest BCUT2D eigenvalue weighted by Gasteiger charge is -2.02. The van der Waals surface area contributed by atoms with Crippen molar-refractivity contribution in [1.29, 1.82) is 0 Å². The van der Waals surface area contributed by atoms with E-state index in [1.165, 1.54) is 35.5 Å². The third-order valence-electron chi connectivity index (χ3n) is 2.00. The summed E-state index contributed by atoms with van der Waals surface area (Å²) in [5, 5.41) is 1.10. The second-order valence-electron chi connectivity index (χ2n) is 3.28. The van der Waals surface area contributed by atoms with Gasteiger partial charge in [-0.15, -0.1) is 11.8 Å². The van der Waals surface area contributed by atoms with Crippen molar-refractivity contribution >= 4 is 27.7 Å². The zero-order chi connectivity index (χ0) is 10.2. The number of rotatable bonds is 6. The average molecular weight is 273 g/mol. The Bertz CT molecular complexity index is 216. The highest BCUT2D eigenvalue weighted by Crippen LogP contribution is 2.19. The van der Waals surface area contributed by atoms with Gasteiger partial charge in [-0.2, -0.15) is 0 Å². The predicted molar refractivity (Wildman–Crippen MR) is 69.6 cm³/mol. The molecule has 1 aromatic rings. The topological polar surface area (TPSA) is 0 Å². The zero-order valence-corrected chi connectivity index (χ0v) is 11.0. The maximum atomic E-state index is 3.45. The van der Waals surface area contributed by atoms with Crippen molar-refractivity contribution in [2.24, 2.45) is 0 Å². The first-order valence-electron chi connectivity index (χ1n) is 5.14. The maximum Gasteiger partial charge on any atom is 0.00721 e. The minimum Gasteiger partial charge on any atom is -0.126 e. The van der Waals surface area contributed by atoms with Crippen LogP contribution in [0.3, 0.4) is 0 Å². The van der Waals surface area contributed by atoms with Gasteiger partial charge in [0.05, 0.1) is 0 Å². The van der Waals surface area contributed by atoms with E-state index >= 15 is 0 Å². The van der Waals surface area contributed by atoms with Crippen LogP contribution < -0.4 is 0 Å². The van der Waals surface area contributed by atoms with Crippen molar-refractivity contribution in [2.75, 3.05) is 11.1 Å². The minimum atomic E-state index is 1.10. The molecular weight excluding hydrogens is 256 g/mol. The Morgan fingerprint density at radius 2 is 1.93 bits per heavy atom. The standard InChI is InChI=1S/C12H17BrS/c1-2-10-14-12-7-5-11(6-8-12)4-3-9-13/h5-8H,2-4,9-10H2,1H3. The molecular formula is C12H17BrS. The van der Waals surface area contributed by atoms with E-state index < -0.39 is 0 Å². The van der Waals surface area contributed by atoms with Crippen LogP contribution >= 0.6 is 27.7 Å². The number of hydrogen-bond donors (Lipinski definition) is 0. The van der Waals surface area contributed by atoms with E-state index in [4.69, 9.17) is 0 Å². The molecule has 0 atom stereocenters. The first-order chi connectivity index (χ1) is 6.86. The minimum absolute atomic E-state index is 1.10. The number of halogens is 1.